The summed E-state index contributed by atoms with van der Waals surface area (Å²) in [6.45, 7) is 0. The molecular weight excluding hydrogens is 221 g/mol. The van der Waals surface area contributed by atoms with Gasteiger partial charge in [-0.1, -0.05) is 0 Å². The van der Waals surface area contributed by atoms with Crippen molar-refractivity contribution < 1.29 is 29.6 Å². The molecule has 0 saturated heterocycles. The first kappa shape index (κ1) is 12.2. The lowest BCUT2D eigenvalue weighted by atomic mass is 10.0. The number of hydrogen-bond donors (Lipinski definition) is 5. The van der Waals surface area contributed by atoms with Crippen molar-refractivity contribution in [3.8, 4) is 11.5 Å². The molecule has 1 aromatic rings. The molecule has 16 heavy (non-hydrogen) atoms. The van der Waals surface area contributed by atoms with Gasteiger partial charge in [-0.25, -0.2) is 4.39 Å². The van der Waals surface area contributed by atoms with Gasteiger partial charge < -0.3 is 26.2 Å². The van der Waals surface area contributed by atoms with E-state index in [4.69, 9.17) is 21.1 Å². The highest BCUT2D eigenvalue weighted by Crippen LogP contribution is 2.31. The fourth-order valence-electron chi connectivity index (χ4n) is 1.12. The van der Waals surface area contributed by atoms with E-state index in [1.165, 1.54) is 0 Å². The summed E-state index contributed by atoms with van der Waals surface area (Å²) in [6.07, 6.45) is -1.82. The lowest BCUT2D eigenvalue weighted by Gasteiger charge is -2.16. The van der Waals surface area contributed by atoms with Gasteiger partial charge in [0.1, 0.15) is 18.0 Å². The quantitative estimate of drug-likeness (QED) is 0.454. The molecule has 0 fully saturated rings. The molecule has 0 aromatic heterocycles. The van der Waals surface area contributed by atoms with Crippen molar-refractivity contribution in [2.24, 2.45) is 5.73 Å². The number of carboxylic acid groups (broad SMARTS) is 1. The Morgan fingerprint density at radius 1 is 1.31 bits per heavy atom. The SMILES string of the molecule is N[C@H](C(=O)O)[C@H](O)c1cc(O)c(O)cc1F. The van der Waals surface area contributed by atoms with Crippen molar-refractivity contribution in [3.63, 3.8) is 0 Å². The van der Waals surface area contributed by atoms with Crippen LogP contribution in [0, 0.1) is 5.82 Å². The largest absolute Gasteiger partial charge is 0.504 e. The Hall–Kier alpha value is -1.86. The molecule has 2 atom stereocenters. The average Bonchev–Trinajstić information content (AvgIpc) is 2.21. The Bertz CT molecular complexity index is 423. The number of nitrogens with two attached hydrogens (primary N) is 1. The number of aliphatic hydroxyl groups excluding tert-OH is 1. The van der Waals surface area contributed by atoms with Gasteiger partial charge in [0, 0.05) is 11.6 Å². The zero-order valence-corrected chi connectivity index (χ0v) is 7.96. The monoisotopic (exact) mass is 231 g/mol. The summed E-state index contributed by atoms with van der Waals surface area (Å²) in [5.41, 5.74) is 4.59. The molecule has 0 aliphatic rings. The highest BCUT2D eigenvalue weighted by molar-refractivity contribution is 5.74. The topological polar surface area (TPSA) is 124 Å². The van der Waals surface area contributed by atoms with Crippen molar-refractivity contribution in [2.45, 2.75) is 12.1 Å². The van der Waals surface area contributed by atoms with Gasteiger partial charge in [0.05, 0.1) is 0 Å². The molecule has 0 aliphatic carbocycles. The van der Waals surface area contributed by atoms with E-state index in [1.54, 1.807) is 0 Å². The van der Waals surface area contributed by atoms with E-state index >= 15 is 0 Å². The maximum Gasteiger partial charge on any atom is 0.323 e. The second kappa shape index (κ2) is 4.33. The Balaban J connectivity index is 3.13. The molecular formula is C9H10FNO5. The summed E-state index contributed by atoms with van der Waals surface area (Å²) < 4.78 is 13.2. The van der Waals surface area contributed by atoms with Crippen LogP contribution in [0.5, 0.6) is 11.5 Å². The van der Waals surface area contributed by atoms with Crippen LogP contribution in [0.25, 0.3) is 0 Å². The molecule has 0 radical (unpaired) electrons. The number of aliphatic hydroxyl groups is 1. The van der Waals surface area contributed by atoms with Crippen LogP contribution in [0.2, 0.25) is 0 Å². The molecule has 0 amide bonds. The van der Waals surface area contributed by atoms with E-state index in [-0.39, 0.29) is 0 Å². The summed E-state index contributed by atoms with van der Waals surface area (Å²) >= 11 is 0. The number of carboxylic acids is 1. The zero-order valence-electron chi connectivity index (χ0n) is 7.96. The molecule has 0 spiro atoms. The fourth-order valence-corrected chi connectivity index (χ4v) is 1.12. The van der Waals surface area contributed by atoms with Crippen LogP contribution in [0.15, 0.2) is 12.1 Å². The van der Waals surface area contributed by atoms with Crippen molar-refractivity contribution in [3.05, 3.63) is 23.5 Å². The minimum atomic E-state index is -1.82. The van der Waals surface area contributed by atoms with Crippen LogP contribution in [-0.4, -0.2) is 32.4 Å². The number of halogens is 1. The van der Waals surface area contributed by atoms with Crippen molar-refractivity contribution in [2.75, 3.05) is 0 Å². The fraction of sp³-hybridized carbons (Fsp3) is 0.222. The van der Waals surface area contributed by atoms with Gasteiger partial charge >= 0.3 is 5.97 Å². The first-order valence-electron chi connectivity index (χ1n) is 4.22. The summed E-state index contributed by atoms with van der Waals surface area (Å²) in [6, 6.07) is -0.445. The van der Waals surface area contributed by atoms with E-state index in [9.17, 15) is 14.3 Å². The van der Waals surface area contributed by atoms with Crippen LogP contribution in [0.4, 0.5) is 4.39 Å². The van der Waals surface area contributed by atoms with E-state index in [2.05, 4.69) is 0 Å². The second-order valence-electron chi connectivity index (χ2n) is 3.17. The van der Waals surface area contributed by atoms with E-state index in [0.29, 0.717) is 6.07 Å². The molecule has 0 bridgehead atoms. The lowest BCUT2D eigenvalue weighted by molar-refractivity contribution is -0.141. The molecule has 7 heteroatoms. The van der Waals surface area contributed by atoms with Gasteiger partial charge in [-0.05, 0) is 6.07 Å². The molecule has 88 valence electrons. The first-order chi connectivity index (χ1) is 7.34. The van der Waals surface area contributed by atoms with Crippen LogP contribution < -0.4 is 5.73 Å². The molecule has 0 aliphatic heterocycles. The van der Waals surface area contributed by atoms with Gasteiger partial charge in [-0.2, -0.15) is 0 Å². The van der Waals surface area contributed by atoms with Gasteiger partial charge in [-0.15, -0.1) is 0 Å². The predicted octanol–water partition coefficient (Wildman–Crippen LogP) is -0.318. The zero-order chi connectivity index (χ0) is 12.5. The molecule has 0 heterocycles. The Morgan fingerprint density at radius 3 is 2.31 bits per heavy atom. The minimum absolute atomic E-state index is 0.495. The maximum atomic E-state index is 13.2. The van der Waals surface area contributed by atoms with Crippen molar-refractivity contribution in [1.82, 2.24) is 0 Å². The second-order valence-corrected chi connectivity index (χ2v) is 3.17. The average molecular weight is 231 g/mol. The third kappa shape index (κ3) is 2.20. The van der Waals surface area contributed by atoms with Gasteiger partial charge in [0.15, 0.2) is 11.5 Å². The number of aromatic hydroxyl groups is 2. The molecule has 1 aromatic carbocycles. The minimum Gasteiger partial charge on any atom is -0.504 e. The lowest BCUT2D eigenvalue weighted by Crippen LogP contribution is -2.36. The number of aliphatic carboxylic acids is 1. The summed E-state index contributed by atoms with van der Waals surface area (Å²) in [5, 5.41) is 35.9. The number of benzene rings is 1. The van der Waals surface area contributed by atoms with E-state index in [1.807, 2.05) is 0 Å². The van der Waals surface area contributed by atoms with Crippen LogP contribution in [0.1, 0.15) is 11.7 Å². The van der Waals surface area contributed by atoms with Crippen LogP contribution in [-0.2, 0) is 4.79 Å². The third-order valence-electron chi connectivity index (χ3n) is 2.04. The number of phenols is 2. The number of hydrogen-bond acceptors (Lipinski definition) is 5. The maximum absolute atomic E-state index is 13.2. The summed E-state index contributed by atoms with van der Waals surface area (Å²) in [7, 11) is 0. The molecule has 0 unspecified atom stereocenters. The van der Waals surface area contributed by atoms with Gasteiger partial charge in [0.25, 0.3) is 0 Å². The highest BCUT2D eigenvalue weighted by atomic mass is 19.1. The molecule has 1 rings (SSSR count). The predicted molar refractivity (Wildman–Crippen MR) is 50.3 cm³/mol. The first-order valence-corrected chi connectivity index (χ1v) is 4.22. The van der Waals surface area contributed by atoms with Gasteiger partial charge in [0.2, 0.25) is 0 Å². The van der Waals surface area contributed by atoms with E-state index < -0.39 is 41.0 Å². The Kier molecular flexibility index (Phi) is 3.31. The van der Waals surface area contributed by atoms with Crippen LogP contribution >= 0.6 is 0 Å². The normalized spacial score (nSPS) is 14.4. The van der Waals surface area contributed by atoms with Crippen molar-refractivity contribution >= 4 is 5.97 Å². The number of carbonyl (C=O) groups is 1. The molecule has 0 saturated carbocycles. The highest BCUT2D eigenvalue weighted by Gasteiger charge is 2.27. The number of phenolic OH excluding ortho intramolecular Hbond substituents is 2. The molecule has 6 nitrogen and oxygen atoms in total. The van der Waals surface area contributed by atoms with Crippen LogP contribution in [0.3, 0.4) is 0 Å². The third-order valence-corrected chi connectivity index (χ3v) is 2.04. The standard InChI is InChI=1S/C9H10FNO5/c10-4-2-6(13)5(12)1-3(4)8(14)7(11)9(15)16/h1-2,7-8,12-14H,11H2,(H,15,16)/t7-,8+/m0/s1. The van der Waals surface area contributed by atoms with Gasteiger partial charge in [-0.3, -0.25) is 4.79 Å². The van der Waals surface area contributed by atoms with E-state index in [0.717, 1.165) is 6.07 Å². The van der Waals surface area contributed by atoms with Crippen molar-refractivity contribution in [1.29, 1.82) is 0 Å². The summed E-state index contributed by atoms with van der Waals surface area (Å²) in [4.78, 5) is 10.5. The number of rotatable bonds is 3. The molecule has 6 N–H and O–H groups in total. The summed E-state index contributed by atoms with van der Waals surface area (Å²) in [5.74, 6) is -3.95. The Labute approximate surface area is 89.4 Å². The Morgan fingerprint density at radius 2 is 1.81 bits per heavy atom. The smallest absolute Gasteiger partial charge is 0.323 e.